The van der Waals surface area contributed by atoms with E-state index in [9.17, 15) is 5.11 Å². The van der Waals surface area contributed by atoms with Crippen LogP contribution in [0.4, 0.5) is 0 Å². The van der Waals surface area contributed by atoms with Crippen LogP contribution < -0.4 is 24.0 Å². The van der Waals surface area contributed by atoms with Gasteiger partial charge in [0, 0.05) is 5.56 Å². The van der Waals surface area contributed by atoms with Crippen molar-refractivity contribution in [3.63, 3.8) is 0 Å². The number of nitrogens with zero attached hydrogens (tertiary/aromatic N) is 1. The average Bonchev–Trinajstić information content (AvgIpc) is 2.57. The molecular weight excluding hydrogens is 397 g/mol. The number of piperidine rings is 1. The predicted molar refractivity (Wildman–Crippen MR) is 90.4 cm³/mol. The Morgan fingerprint density at radius 2 is 1.26 bits per heavy atom. The van der Waals surface area contributed by atoms with Crippen LogP contribution in [0.2, 0.25) is 0 Å². The van der Waals surface area contributed by atoms with E-state index < -0.39 is 6.10 Å². The lowest BCUT2D eigenvalue weighted by atomic mass is 9.90. The lowest BCUT2D eigenvalue weighted by Gasteiger charge is -2.46. The molecule has 1 fully saturated rings. The Morgan fingerprint density at radius 3 is 1.78 bits per heavy atom. The van der Waals surface area contributed by atoms with E-state index in [2.05, 4.69) is 31.3 Å². The summed E-state index contributed by atoms with van der Waals surface area (Å²) in [4.78, 5) is 0. The maximum Gasteiger partial charge on any atom is 0.145 e. The molecule has 124 valence electrons. The Labute approximate surface area is 156 Å². The van der Waals surface area contributed by atoms with Crippen LogP contribution in [0.3, 0.4) is 0 Å². The number of aliphatic hydroxyl groups excluding tert-OH is 1. The van der Waals surface area contributed by atoms with E-state index in [1.54, 1.807) is 0 Å². The summed E-state index contributed by atoms with van der Waals surface area (Å²) in [5, 5.41) is 11.1. The molecule has 0 spiro atoms. The summed E-state index contributed by atoms with van der Waals surface area (Å²) in [6.45, 7) is 2.28. The second kappa shape index (κ2) is 8.27. The van der Waals surface area contributed by atoms with Crippen molar-refractivity contribution < 1.29 is 33.6 Å². The standard InChI is InChI=1S/C20H26NO.HI/c1-21(15-9-4-10-16-21)19(17-11-5-2-6-12-17)20(22)18-13-7-3-8-14-18;/h2-3,5-8,11-14,19-20,22H,4,9-10,15-16H2,1H3;1H/q+1;/p-1. The Kier molecular flexibility index (Phi) is 6.62. The maximum atomic E-state index is 11.1. The van der Waals surface area contributed by atoms with Gasteiger partial charge < -0.3 is 33.6 Å². The van der Waals surface area contributed by atoms with Gasteiger partial charge >= 0.3 is 0 Å². The van der Waals surface area contributed by atoms with Gasteiger partial charge in [0.1, 0.15) is 12.1 Å². The van der Waals surface area contributed by atoms with Crippen LogP contribution in [-0.2, 0) is 0 Å². The van der Waals surface area contributed by atoms with Gasteiger partial charge in [-0.3, -0.25) is 0 Å². The Hall–Kier alpha value is -0.910. The molecule has 0 radical (unpaired) electrons. The average molecular weight is 423 g/mol. The zero-order valence-corrected chi connectivity index (χ0v) is 15.9. The van der Waals surface area contributed by atoms with Gasteiger partial charge in [0.05, 0.1) is 20.1 Å². The van der Waals surface area contributed by atoms with E-state index >= 15 is 0 Å². The lowest BCUT2D eigenvalue weighted by molar-refractivity contribution is -0.948. The molecule has 1 heterocycles. The molecule has 0 amide bonds. The van der Waals surface area contributed by atoms with Crippen molar-refractivity contribution in [1.82, 2.24) is 0 Å². The molecule has 0 aliphatic carbocycles. The fourth-order valence-electron chi connectivity index (χ4n) is 3.88. The topological polar surface area (TPSA) is 20.2 Å². The second-order valence-corrected chi connectivity index (χ2v) is 6.70. The van der Waals surface area contributed by atoms with Crippen molar-refractivity contribution in [2.75, 3.05) is 20.1 Å². The minimum Gasteiger partial charge on any atom is -1.00 e. The molecule has 2 aromatic carbocycles. The van der Waals surface area contributed by atoms with Crippen molar-refractivity contribution in [2.45, 2.75) is 31.4 Å². The van der Waals surface area contributed by atoms with E-state index in [4.69, 9.17) is 0 Å². The maximum absolute atomic E-state index is 11.1. The molecule has 2 nitrogen and oxygen atoms in total. The van der Waals surface area contributed by atoms with Crippen LogP contribution >= 0.6 is 0 Å². The number of benzene rings is 2. The molecule has 0 saturated carbocycles. The van der Waals surface area contributed by atoms with Crippen LogP contribution in [-0.4, -0.2) is 29.7 Å². The van der Waals surface area contributed by atoms with Gasteiger partial charge in [-0.25, -0.2) is 0 Å². The first-order chi connectivity index (χ1) is 10.7. The number of likely N-dealkylation sites (tertiary alicyclic amines) is 1. The third kappa shape index (κ3) is 4.14. The molecule has 1 saturated heterocycles. The molecule has 2 atom stereocenters. The number of hydrogen-bond acceptors (Lipinski definition) is 1. The molecule has 3 heteroatoms. The van der Waals surface area contributed by atoms with Crippen LogP contribution in [0.1, 0.15) is 42.5 Å². The quantitative estimate of drug-likeness (QED) is 0.577. The van der Waals surface area contributed by atoms with Crippen molar-refractivity contribution in [1.29, 1.82) is 0 Å². The van der Waals surface area contributed by atoms with Crippen LogP contribution in [0.15, 0.2) is 60.7 Å². The highest BCUT2D eigenvalue weighted by Gasteiger charge is 2.40. The molecule has 2 aromatic rings. The zero-order valence-electron chi connectivity index (χ0n) is 13.7. The van der Waals surface area contributed by atoms with Crippen LogP contribution in [0.5, 0.6) is 0 Å². The van der Waals surface area contributed by atoms with Crippen molar-refractivity contribution >= 4 is 0 Å². The number of halogens is 1. The summed E-state index contributed by atoms with van der Waals surface area (Å²) in [6.07, 6.45) is 3.35. The van der Waals surface area contributed by atoms with Crippen LogP contribution in [0, 0.1) is 0 Å². The Morgan fingerprint density at radius 1 is 0.783 bits per heavy atom. The molecule has 1 aliphatic heterocycles. The molecule has 0 bridgehead atoms. The first-order valence-electron chi connectivity index (χ1n) is 8.33. The SMILES string of the molecule is C[N+]1(C(c2ccccc2)C(O)c2ccccc2)CCCCC1.[I-]. The Bertz CT molecular complexity index is 581. The molecule has 1 N–H and O–H groups in total. The molecule has 2 unspecified atom stereocenters. The molecule has 0 aromatic heterocycles. The summed E-state index contributed by atoms with van der Waals surface area (Å²) in [6, 6.07) is 20.7. The monoisotopic (exact) mass is 423 g/mol. The first kappa shape index (κ1) is 18.4. The number of aliphatic hydroxyl groups is 1. The minimum absolute atomic E-state index is 0. The molecular formula is C20H26INO. The molecule has 3 rings (SSSR count). The third-order valence-electron chi connectivity index (χ3n) is 5.09. The summed E-state index contributed by atoms with van der Waals surface area (Å²) >= 11 is 0. The van der Waals surface area contributed by atoms with E-state index in [1.807, 2.05) is 36.4 Å². The van der Waals surface area contributed by atoms with Gasteiger partial charge in [-0.15, -0.1) is 0 Å². The number of rotatable bonds is 4. The van der Waals surface area contributed by atoms with Gasteiger partial charge in [-0.2, -0.15) is 0 Å². The van der Waals surface area contributed by atoms with Gasteiger partial charge in [-0.05, 0) is 24.8 Å². The van der Waals surface area contributed by atoms with Gasteiger partial charge in [0.15, 0.2) is 0 Å². The van der Waals surface area contributed by atoms with Crippen LogP contribution in [0.25, 0.3) is 0 Å². The van der Waals surface area contributed by atoms with Gasteiger partial charge in [-0.1, -0.05) is 60.7 Å². The molecule has 23 heavy (non-hydrogen) atoms. The first-order valence-corrected chi connectivity index (χ1v) is 8.33. The number of likely N-dealkylation sites (N-methyl/N-ethyl adjacent to an activating group) is 1. The summed E-state index contributed by atoms with van der Waals surface area (Å²) in [5.41, 5.74) is 2.25. The van der Waals surface area contributed by atoms with E-state index in [-0.39, 0.29) is 30.0 Å². The summed E-state index contributed by atoms with van der Waals surface area (Å²) in [7, 11) is 2.31. The fourth-order valence-corrected chi connectivity index (χ4v) is 3.88. The van der Waals surface area contributed by atoms with E-state index in [0.29, 0.717) is 0 Å². The second-order valence-electron chi connectivity index (χ2n) is 6.70. The number of quaternary nitrogens is 1. The number of hydrogen-bond donors (Lipinski definition) is 1. The summed E-state index contributed by atoms with van der Waals surface area (Å²) in [5.74, 6) is 0. The van der Waals surface area contributed by atoms with Crippen molar-refractivity contribution in [3.05, 3.63) is 71.8 Å². The highest BCUT2D eigenvalue weighted by molar-refractivity contribution is 5.25. The fraction of sp³-hybridized carbons (Fsp3) is 0.400. The highest BCUT2D eigenvalue weighted by Crippen LogP contribution is 2.40. The minimum atomic E-state index is -0.466. The lowest BCUT2D eigenvalue weighted by Crippen LogP contribution is -3.00. The third-order valence-corrected chi connectivity index (χ3v) is 5.09. The highest BCUT2D eigenvalue weighted by atomic mass is 127. The summed E-state index contributed by atoms with van der Waals surface area (Å²) < 4.78 is 0.931. The van der Waals surface area contributed by atoms with Crippen molar-refractivity contribution in [2.24, 2.45) is 0 Å². The van der Waals surface area contributed by atoms with E-state index in [1.165, 1.54) is 24.8 Å². The smallest absolute Gasteiger partial charge is 0.145 e. The molecule has 1 aliphatic rings. The Balaban J connectivity index is 0.00000192. The predicted octanol–water partition coefficient (Wildman–Crippen LogP) is 1.10. The largest absolute Gasteiger partial charge is 1.00 e. The normalized spacial score (nSPS) is 19.4. The van der Waals surface area contributed by atoms with E-state index in [0.717, 1.165) is 23.1 Å². The zero-order chi connectivity index (χ0) is 15.4. The van der Waals surface area contributed by atoms with Gasteiger partial charge in [0.2, 0.25) is 0 Å². The van der Waals surface area contributed by atoms with Crippen molar-refractivity contribution in [3.8, 4) is 0 Å². The van der Waals surface area contributed by atoms with Gasteiger partial charge in [0.25, 0.3) is 0 Å².